The van der Waals surface area contributed by atoms with Crippen LogP contribution in [0.3, 0.4) is 0 Å². The summed E-state index contributed by atoms with van der Waals surface area (Å²) in [5.41, 5.74) is 2.97. The van der Waals surface area contributed by atoms with E-state index in [4.69, 9.17) is 9.47 Å². The second kappa shape index (κ2) is 9.51. The van der Waals surface area contributed by atoms with Gasteiger partial charge in [0.25, 0.3) is 5.91 Å². The van der Waals surface area contributed by atoms with E-state index in [1.54, 1.807) is 31.4 Å². The van der Waals surface area contributed by atoms with Crippen LogP contribution in [-0.4, -0.2) is 29.1 Å². The minimum Gasteiger partial charge on any atom is -0.493 e. The number of aryl methyl sites for hydroxylation is 1. The molecule has 0 aliphatic heterocycles. The third-order valence-corrected chi connectivity index (χ3v) is 5.23. The van der Waals surface area contributed by atoms with E-state index in [2.05, 4.69) is 10.3 Å². The van der Waals surface area contributed by atoms with Crippen LogP contribution >= 0.6 is 0 Å². The molecule has 7 heteroatoms. The van der Waals surface area contributed by atoms with Crippen molar-refractivity contribution in [3.8, 4) is 11.5 Å². The summed E-state index contributed by atoms with van der Waals surface area (Å²) in [6.45, 7) is 0.803. The first-order valence-electron chi connectivity index (χ1n) is 10.3. The molecule has 0 atom stereocenters. The molecule has 1 N–H and O–H groups in total. The molecule has 0 fully saturated rings. The highest BCUT2D eigenvalue weighted by molar-refractivity contribution is 5.94. The first-order chi connectivity index (χ1) is 15.5. The van der Waals surface area contributed by atoms with E-state index in [0.29, 0.717) is 36.6 Å². The molecule has 0 spiro atoms. The molecule has 0 aliphatic carbocycles. The van der Waals surface area contributed by atoms with Crippen LogP contribution in [0.25, 0.3) is 11.0 Å². The zero-order chi connectivity index (χ0) is 22.5. The van der Waals surface area contributed by atoms with Crippen LogP contribution in [0.2, 0.25) is 0 Å². The number of hydrogen-bond donors (Lipinski definition) is 1. The Bertz CT molecular complexity index is 1240. The second-order valence-electron chi connectivity index (χ2n) is 7.37. The summed E-state index contributed by atoms with van der Waals surface area (Å²) in [7, 11) is 3.38. The van der Waals surface area contributed by atoms with Crippen molar-refractivity contribution in [3.63, 3.8) is 0 Å². The van der Waals surface area contributed by atoms with Gasteiger partial charge in [0.1, 0.15) is 18.2 Å². The molecule has 4 rings (SSSR count). The fourth-order valence-corrected chi connectivity index (χ4v) is 3.49. The van der Waals surface area contributed by atoms with Gasteiger partial charge < -0.3 is 19.4 Å². The number of amides is 1. The van der Waals surface area contributed by atoms with Crippen molar-refractivity contribution in [1.29, 1.82) is 0 Å². The average molecular weight is 433 g/mol. The van der Waals surface area contributed by atoms with Gasteiger partial charge in [0.15, 0.2) is 11.5 Å². The number of rotatable bonds is 8. The molecule has 0 bridgehead atoms. The van der Waals surface area contributed by atoms with Gasteiger partial charge in [-0.3, -0.25) is 4.79 Å². The van der Waals surface area contributed by atoms with E-state index in [0.717, 1.165) is 22.4 Å². The molecule has 4 aromatic rings. The molecule has 3 aromatic carbocycles. The summed E-state index contributed by atoms with van der Waals surface area (Å²) < 4.78 is 26.6. The molecule has 6 nitrogen and oxygen atoms in total. The van der Waals surface area contributed by atoms with Crippen molar-refractivity contribution >= 4 is 16.9 Å². The van der Waals surface area contributed by atoms with Gasteiger partial charge in [-0.1, -0.05) is 30.3 Å². The first-order valence-corrected chi connectivity index (χ1v) is 10.3. The highest BCUT2D eigenvalue weighted by Gasteiger charge is 2.13. The predicted octanol–water partition coefficient (Wildman–Crippen LogP) is 4.27. The zero-order valence-electron chi connectivity index (χ0n) is 18.0. The van der Waals surface area contributed by atoms with Gasteiger partial charge in [0.05, 0.1) is 18.1 Å². The largest absolute Gasteiger partial charge is 0.493 e. The van der Waals surface area contributed by atoms with Crippen molar-refractivity contribution in [2.24, 2.45) is 7.05 Å². The Labute approximate surface area is 185 Å². The standard InChI is InChI=1S/C25H24FN3O3/c1-29-21-15-19(26)9-10-20(21)28-24(29)12-13-27-25(30)18-8-11-22(23(14-18)31-2)32-16-17-6-4-3-5-7-17/h3-11,14-15H,12-13,16H2,1-2H3,(H,27,30). The van der Waals surface area contributed by atoms with Crippen molar-refractivity contribution in [3.05, 3.63) is 89.5 Å². The summed E-state index contributed by atoms with van der Waals surface area (Å²) in [4.78, 5) is 17.1. The Morgan fingerprint density at radius 3 is 2.66 bits per heavy atom. The molecule has 32 heavy (non-hydrogen) atoms. The predicted molar refractivity (Wildman–Crippen MR) is 120 cm³/mol. The second-order valence-corrected chi connectivity index (χ2v) is 7.37. The molecule has 1 aromatic heterocycles. The molecular weight excluding hydrogens is 409 g/mol. The van der Waals surface area contributed by atoms with Crippen LogP contribution in [-0.2, 0) is 20.1 Å². The summed E-state index contributed by atoms with van der Waals surface area (Å²) in [5.74, 6) is 1.31. The van der Waals surface area contributed by atoms with Gasteiger partial charge in [-0.15, -0.1) is 0 Å². The molecule has 1 amide bonds. The lowest BCUT2D eigenvalue weighted by Gasteiger charge is -2.12. The monoisotopic (exact) mass is 433 g/mol. The van der Waals surface area contributed by atoms with Crippen LogP contribution in [0.15, 0.2) is 66.7 Å². The number of imidazole rings is 1. The first kappa shape index (κ1) is 21.4. The van der Waals surface area contributed by atoms with E-state index in [9.17, 15) is 9.18 Å². The number of halogens is 1. The highest BCUT2D eigenvalue weighted by atomic mass is 19.1. The summed E-state index contributed by atoms with van der Waals surface area (Å²) in [5, 5.41) is 2.90. The highest BCUT2D eigenvalue weighted by Crippen LogP contribution is 2.29. The SMILES string of the molecule is COc1cc(C(=O)NCCc2nc3ccc(F)cc3n2C)ccc1OCc1ccccc1. The van der Waals surface area contributed by atoms with Crippen LogP contribution < -0.4 is 14.8 Å². The minimum absolute atomic E-state index is 0.220. The van der Waals surface area contributed by atoms with Crippen molar-refractivity contribution in [2.45, 2.75) is 13.0 Å². The Kier molecular flexibility index (Phi) is 6.35. The summed E-state index contributed by atoms with van der Waals surface area (Å²) in [6.07, 6.45) is 0.522. The third-order valence-electron chi connectivity index (χ3n) is 5.23. The number of fused-ring (bicyclic) bond motifs is 1. The van der Waals surface area contributed by atoms with Crippen LogP contribution in [0, 0.1) is 5.82 Å². The molecule has 1 heterocycles. The van der Waals surface area contributed by atoms with Gasteiger partial charge in [-0.25, -0.2) is 9.37 Å². The topological polar surface area (TPSA) is 65.4 Å². The van der Waals surface area contributed by atoms with Gasteiger partial charge in [0.2, 0.25) is 0 Å². The van der Waals surface area contributed by atoms with Crippen molar-refractivity contribution in [1.82, 2.24) is 14.9 Å². The number of nitrogens with one attached hydrogen (secondary N) is 1. The minimum atomic E-state index is -0.300. The van der Waals surface area contributed by atoms with Gasteiger partial charge in [-0.05, 0) is 42.0 Å². The maximum absolute atomic E-state index is 13.5. The maximum Gasteiger partial charge on any atom is 0.251 e. The third kappa shape index (κ3) is 4.72. The molecule has 0 saturated carbocycles. The van der Waals surface area contributed by atoms with Crippen molar-refractivity contribution < 1.29 is 18.7 Å². The van der Waals surface area contributed by atoms with Gasteiger partial charge in [0, 0.05) is 25.6 Å². The molecule has 0 radical (unpaired) electrons. The quantitative estimate of drug-likeness (QED) is 0.451. The number of methoxy groups -OCH3 is 1. The number of nitrogens with zero attached hydrogens (tertiary/aromatic N) is 2. The van der Waals surface area contributed by atoms with Crippen LogP contribution in [0.1, 0.15) is 21.7 Å². The van der Waals surface area contributed by atoms with Gasteiger partial charge >= 0.3 is 0 Å². The van der Waals surface area contributed by atoms with Crippen molar-refractivity contribution in [2.75, 3.05) is 13.7 Å². The normalized spacial score (nSPS) is 10.8. The summed E-state index contributed by atoms with van der Waals surface area (Å²) in [6, 6.07) is 19.4. The van der Waals surface area contributed by atoms with Crippen LogP contribution in [0.5, 0.6) is 11.5 Å². The number of hydrogen-bond acceptors (Lipinski definition) is 4. The number of benzene rings is 3. The Hall–Kier alpha value is -3.87. The number of carbonyl (C=O) groups excluding carboxylic acids is 1. The smallest absolute Gasteiger partial charge is 0.251 e. The van der Waals surface area contributed by atoms with E-state index in [-0.39, 0.29) is 11.7 Å². The Morgan fingerprint density at radius 1 is 1.06 bits per heavy atom. The molecule has 0 unspecified atom stereocenters. The molecule has 0 aliphatic rings. The fourth-order valence-electron chi connectivity index (χ4n) is 3.49. The maximum atomic E-state index is 13.5. The Morgan fingerprint density at radius 2 is 1.88 bits per heavy atom. The molecular formula is C25H24FN3O3. The van der Waals surface area contributed by atoms with E-state index in [1.807, 2.05) is 41.9 Å². The lowest BCUT2D eigenvalue weighted by atomic mass is 10.2. The van der Waals surface area contributed by atoms with E-state index >= 15 is 0 Å². The summed E-state index contributed by atoms with van der Waals surface area (Å²) >= 11 is 0. The lowest BCUT2D eigenvalue weighted by molar-refractivity contribution is 0.0953. The lowest BCUT2D eigenvalue weighted by Crippen LogP contribution is -2.26. The van der Waals surface area contributed by atoms with E-state index in [1.165, 1.54) is 12.1 Å². The van der Waals surface area contributed by atoms with Crippen LogP contribution in [0.4, 0.5) is 4.39 Å². The van der Waals surface area contributed by atoms with Gasteiger partial charge in [-0.2, -0.15) is 0 Å². The molecule has 0 saturated heterocycles. The average Bonchev–Trinajstić information content (AvgIpc) is 3.13. The number of aromatic nitrogens is 2. The fraction of sp³-hybridized carbons (Fsp3) is 0.200. The molecule has 164 valence electrons. The zero-order valence-corrected chi connectivity index (χ0v) is 18.0. The number of ether oxygens (including phenoxy) is 2. The van der Waals surface area contributed by atoms with E-state index < -0.39 is 0 Å². The Balaban J connectivity index is 1.37. The number of carbonyl (C=O) groups is 1.